The summed E-state index contributed by atoms with van der Waals surface area (Å²) in [4.78, 5) is 0. The third-order valence-electron chi connectivity index (χ3n) is 2.57. The van der Waals surface area contributed by atoms with Gasteiger partial charge in [0.25, 0.3) is 0 Å². The molecule has 0 saturated heterocycles. The van der Waals surface area contributed by atoms with E-state index >= 15 is 0 Å². The Labute approximate surface area is 102 Å². The van der Waals surface area contributed by atoms with Crippen LogP contribution in [0.5, 0.6) is 5.75 Å². The molecule has 90 valence electrons. The molecule has 0 fully saturated rings. The Morgan fingerprint density at radius 3 is 1.62 bits per heavy atom. The highest BCUT2D eigenvalue weighted by Gasteiger charge is 2.39. The van der Waals surface area contributed by atoms with Gasteiger partial charge in [-0.3, -0.25) is 0 Å². The van der Waals surface area contributed by atoms with Crippen molar-refractivity contribution in [2.24, 2.45) is 0 Å². The van der Waals surface area contributed by atoms with Gasteiger partial charge in [0.2, 0.25) is 9.04 Å². The van der Waals surface area contributed by atoms with Gasteiger partial charge in [0.15, 0.2) is 0 Å². The molecule has 0 N–H and O–H groups in total. The minimum Gasteiger partial charge on any atom is -0.545 e. The molecular formula is C14H24OSi. The zero-order valence-electron chi connectivity index (χ0n) is 11.4. The van der Waals surface area contributed by atoms with E-state index in [0.29, 0.717) is 0 Å². The van der Waals surface area contributed by atoms with Crippen LogP contribution in [-0.2, 0) is 0 Å². The van der Waals surface area contributed by atoms with Crippen molar-refractivity contribution in [2.75, 3.05) is 0 Å². The highest BCUT2D eigenvalue weighted by molar-refractivity contribution is 6.59. The Morgan fingerprint density at radius 2 is 1.25 bits per heavy atom. The molecule has 1 nitrogen and oxygen atoms in total. The fourth-order valence-corrected chi connectivity index (χ4v) is 6.02. The van der Waals surface area contributed by atoms with Crippen molar-refractivity contribution in [3.8, 4) is 5.75 Å². The van der Waals surface area contributed by atoms with Crippen molar-refractivity contribution in [2.45, 2.75) is 51.6 Å². The molecule has 16 heavy (non-hydrogen) atoms. The Balaban J connectivity index is 2.89. The number of rotatable bonds is 2. The summed E-state index contributed by atoms with van der Waals surface area (Å²) in [5.74, 6) is 1.02. The van der Waals surface area contributed by atoms with E-state index in [9.17, 15) is 0 Å². The number of para-hydroxylation sites is 1. The largest absolute Gasteiger partial charge is 0.545 e. The maximum absolute atomic E-state index is 6.28. The van der Waals surface area contributed by atoms with Gasteiger partial charge in [0.05, 0.1) is 0 Å². The average molecular weight is 236 g/mol. The Kier molecular flexibility index (Phi) is 3.84. The third kappa shape index (κ3) is 3.67. The summed E-state index contributed by atoms with van der Waals surface area (Å²) in [5, 5.41) is 0.544. The molecule has 0 radical (unpaired) electrons. The molecule has 0 aliphatic heterocycles. The predicted octanol–water partition coefficient (Wildman–Crippen LogP) is 4.39. The molecule has 0 heterocycles. The second kappa shape index (κ2) is 4.62. The van der Waals surface area contributed by atoms with E-state index in [-0.39, 0.29) is 10.1 Å². The average Bonchev–Trinajstić information content (AvgIpc) is 2.12. The third-order valence-corrected chi connectivity index (χ3v) is 6.22. The van der Waals surface area contributed by atoms with Crippen LogP contribution in [0, 0.1) is 0 Å². The van der Waals surface area contributed by atoms with E-state index in [2.05, 4.69) is 53.7 Å². The number of benzene rings is 1. The molecule has 0 spiro atoms. The van der Waals surface area contributed by atoms with Gasteiger partial charge in [0.1, 0.15) is 5.75 Å². The first-order valence-corrected chi connectivity index (χ1v) is 7.55. The summed E-state index contributed by atoms with van der Waals surface area (Å²) in [7, 11) is -1.34. The highest BCUT2D eigenvalue weighted by Crippen LogP contribution is 2.42. The zero-order valence-corrected chi connectivity index (χ0v) is 12.5. The Bertz CT molecular complexity index is 305. The molecule has 0 aromatic heterocycles. The van der Waals surface area contributed by atoms with Gasteiger partial charge in [-0.2, -0.15) is 0 Å². The van der Waals surface area contributed by atoms with E-state index < -0.39 is 9.04 Å². The highest BCUT2D eigenvalue weighted by atomic mass is 28.3. The van der Waals surface area contributed by atoms with Crippen molar-refractivity contribution >= 4 is 9.04 Å². The van der Waals surface area contributed by atoms with E-state index in [0.717, 1.165) is 5.75 Å². The lowest BCUT2D eigenvalue weighted by Gasteiger charge is -2.38. The van der Waals surface area contributed by atoms with Gasteiger partial charge < -0.3 is 4.43 Å². The molecule has 2 heteroatoms. The number of hydrogen-bond donors (Lipinski definition) is 0. The first kappa shape index (κ1) is 13.3. The van der Waals surface area contributed by atoms with Crippen molar-refractivity contribution in [3.05, 3.63) is 30.3 Å². The molecule has 1 aromatic rings. The van der Waals surface area contributed by atoms with Crippen LogP contribution in [0.3, 0.4) is 0 Å². The van der Waals surface area contributed by atoms with Gasteiger partial charge in [-0.05, 0) is 22.2 Å². The van der Waals surface area contributed by atoms with Crippen LogP contribution in [0.2, 0.25) is 10.1 Å². The van der Waals surface area contributed by atoms with E-state index in [4.69, 9.17) is 4.43 Å². The molecule has 0 amide bonds. The minimum absolute atomic E-state index is 0.272. The summed E-state index contributed by atoms with van der Waals surface area (Å²) in [6.45, 7) is 13.7. The van der Waals surface area contributed by atoms with Crippen LogP contribution in [0.1, 0.15) is 41.5 Å². The second-order valence-electron chi connectivity index (χ2n) is 6.54. The summed E-state index contributed by atoms with van der Waals surface area (Å²) in [5.41, 5.74) is 0. The van der Waals surface area contributed by atoms with E-state index in [1.54, 1.807) is 0 Å². The molecule has 0 unspecified atom stereocenters. The summed E-state index contributed by atoms with van der Waals surface area (Å²) in [6.07, 6.45) is 0. The van der Waals surface area contributed by atoms with Gasteiger partial charge in [-0.15, -0.1) is 0 Å². The first-order chi connectivity index (χ1) is 7.21. The Hall–Kier alpha value is -0.763. The lowest BCUT2D eigenvalue weighted by Crippen LogP contribution is -2.40. The van der Waals surface area contributed by atoms with Gasteiger partial charge in [0, 0.05) is 0 Å². The SMILES string of the molecule is CC(C)(C)[SiH](Oc1ccccc1)C(C)(C)C. The lowest BCUT2D eigenvalue weighted by atomic mass is 10.2. The van der Waals surface area contributed by atoms with Crippen LogP contribution >= 0.6 is 0 Å². The normalized spacial score (nSPS) is 12.9. The molecule has 0 aliphatic carbocycles. The van der Waals surface area contributed by atoms with Crippen molar-refractivity contribution in [1.29, 1.82) is 0 Å². The van der Waals surface area contributed by atoms with Gasteiger partial charge >= 0.3 is 0 Å². The van der Waals surface area contributed by atoms with Crippen molar-refractivity contribution < 1.29 is 4.43 Å². The lowest BCUT2D eigenvalue weighted by molar-refractivity contribution is 0.462. The summed E-state index contributed by atoms with van der Waals surface area (Å²) < 4.78 is 6.28. The molecule has 1 aromatic carbocycles. The van der Waals surface area contributed by atoms with Crippen molar-refractivity contribution in [1.82, 2.24) is 0 Å². The van der Waals surface area contributed by atoms with Crippen LogP contribution < -0.4 is 4.43 Å². The molecule has 1 rings (SSSR count). The number of hydrogen-bond acceptors (Lipinski definition) is 1. The standard InChI is InChI=1S/C14H24OSi/c1-13(2,3)16(14(4,5)6)15-12-10-8-7-9-11-12/h7-11,16H,1-6H3. The molecular weight excluding hydrogens is 212 g/mol. The van der Waals surface area contributed by atoms with Gasteiger partial charge in [-0.25, -0.2) is 0 Å². The Morgan fingerprint density at radius 1 is 0.812 bits per heavy atom. The van der Waals surface area contributed by atoms with E-state index in [1.807, 2.05) is 18.2 Å². The smallest absolute Gasteiger partial charge is 0.246 e. The summed E-state index contributed by atoms with van der Waals surface area (Å²) in [6, 6.07) is 10.2. The van der Waals surface area contributed by atoms with Crippen LogP contribution in [0.15, 0.2) is 30.3 Å². The zero-order chi connectivity index (χ0) is 12.4. The maximum Gasteiger partial charge on any atom is 0.246 e. The molecule has 0 atom stereocenters. The van der Waals surface area contributed by atoms with Crippen LogP contribution in [0.4, 0.5) is 0 Å². The van der Waals surface area contributed by atoms with Crippen LogP contribution in [-0.4, -0.2) is 9.04 Å². The van der Waals surface area contributed by atoms with E-state index in [1.165, 1.54) is 0 Å². The minimum atomic E-state index is -1.34. The van der Waals surface area contributed by atoms with Gasteiger partial charge in [-0.1, -0.05) is 59.7 Å². The first-order valence-electron chi connectivity index (χ1n) is 5.93. The summed E-state index contributed by atoms with van der Waals surface area (Å²) >= 11 is 0. The van der Waals surface area contributed by atoms with Crippen molar-refractivity contribution in [3.63, 3.8) is 0 Å². The molecule has 0 saturated carbocycles. The topological polar surface area (TPSA) is 9.23 Å². The quantitative estimate of drug-likeness (QED) is 0.692. The fraction of sp³-hybridized carbons (Fsp3) is 0.571. The predicted molar refractivity (Wildman–Crippen MR) is 73.6 cm³/mol. The monoisotopic (exact) mass is 236 g/mol. The second-order valence-corrected chi connectivity index (χ2v) is 11.0. The fourth-order valence-electron chi connectivity index (χ4n) is 2.29. The molecule has 0 bridgehead atoms. The maximum atomic E-state index is 6.28. The van der Waals surface area contributed by atoms with Crippen LogP contribution in [0.25, 0.3) is 0 Å². The molecule has 0 aliphatic rings.